The second-order valence-electron chi connectivity index (χ2n) is 4.70. The Morgan fingerprint density at radius 1 is 1.35 bits per heavy atom. The monoisotopic (exact) mass is 416 g/mol. The molecule has 1 aromatic carbocycles. The number of nitrogens with zero attached hydrogens (tertiary/aromatic N) is 1. The standard InChI is InChI=1S/C14H11Br2ClN2O/c15-12-10-7-19(5-4-11(10)18-13(12)16)14(20)8-2-1-3-9(17)6-8/h1-3,6,18H,4-5,7H2. The molecule has 104 valence electrons. The third-order valence-electron chi connectivity index (χ3n) is 3.42. The van der Waals surface area contributed by atoms with Crippen LogP contribution in [0.3, 0.4) is 0 Å². The van der Waals surface area contributed by atoms with Crippen LogP contribution < -0.4 is 0 Å². The molecule has 1 N–H and O–H groups in total. The lowest BCUT2D eigenvalue weighted by Crippen LogP contribution is -2.35. The fourth-order valence-corrected chi connectivity index (χ4v) is 3.53. The molecular weight excluding hydrogens is 407 g/mol. The van der Waals surface area contributed by atoms with E-state index in [2.05, 4.69) is 36.8 Å². The van der Waals surface area contributed by atoms with E-state index in [1.54, 1.807) is 24.3 Å². The van der Waals surface area contributed by atoms with Crippen LogP contribution in [0, 0.1) is 0 Å². The zero-order valence-corrected chi connectivity index (χ0v) is 14.3. The number of aromatic nitrogens is 1. The molecule has 0 aliphatic carbocycles. The fraction of sp³-hybridized carbons (Fsp3) is 0.214. The van der Waals surface area contributed by atoms with Gasteiger partial charge in [-0.2, -0.15) is 0 Å². The molecule has 2 aromatic rings. The molecule has 0 radical (unpaired) electrons. The summed E-state index contributed by atoms with van der Waals surface area (Å²) in [5.41, 5.74) is 2.95. The van der Waals surface area contributed by atoms with Crippen LogP contribution in [0.15, 0.2) is 33.3 Å². The Hall–Kier alpha value is -0.780. The van der Waals surface area contributed by atoms with Crippen molar-refractivity contribution in [3.8, 4) is 0 Å². The summed E-state index contributed by atoms with van der Waals surface area (Å²) < 4.78 is 1.93. The van der Waals surface area contributed by atoms with E-state index < -0.39 is 0 Å². The van der Waals surface area contributed by atoms with Crippen molar-refractivity contribution in [3.63, 3.8) is 0 Å². The average Bonchev–Trinajstić information content (AvgIpc) is 2.73. The number of hydrogen-bond donors (Lipinski definition) is 1. The lowest BCUT2D eigenvalue weighted by Gasteiger charge is -2.27. The van der Waals surface area contributed by atoms with Crippen molar-refractivity contribution in [2.24, 2.45) is 0 Å². The van der Waals surface area contributed by atoms with Gasteiger partial charge in [0, 0.05) is 41.4 Å². The number of carbonyl (C=O) groups excluding carboxylic acids is 1. The molecule has 6 heteroatoms. The quantitative estimate of drug-likeness (QED) is 0.733. The SMILES string of the molecule is O=C(c1cccc(Cl)c1)N1CCc2[nH]c(Br)c(Br)c2C1. The van der Waals surface area contributed by atoms with E-state index in [4.69, 9.17) is 11.6 Å². The first kappa shape index (κ1) is 14.2. The summed E-state index contributed by atoms with van der Waals surface area (Å²) >= 11 is 13.0. The van der Waals surface area contributed by atoms with Crippen LogP contribution in [-0.4, -0.2) is 22.3 Å². The van der Waals surface area contributed by atoms with Gasteiger partial charge < -0.3 is 9.88 Å². The van der Waals surface area contributed by atoms with Gasteiger partial charge in [0.15, 0.2) is 0 Å². The molecule has 1 amide bonds. The lowest BCUT2D eigenvalue weighted by atomic mass is 10.1. The third-order valence-corrected chi connectivity index (χ3v) is 5.66. The molecule has 3 nitrogen and oxygen atoms in total. The van der Waals surface area contributed by atoms with Gasteiger partial charge in [-0.05, 0) is 50.1 Å². The van der Waals surface area contributed by atoms with Gasteiger partial charge >= 0.3 is 0 Å². The highest BCUT2D eigenvalue weighted by molar-refractivity contribution is 9.13. The molecule has 0 saturated carbocycles. The molecule has 2 heterocycles. The Bertz CT molecular complexity index is 684. The molecule has 3 rings (SSSR count). The van der Waals surface area contributed by atoms with Crippen molar-refractivity contribution in [1.82, 2.24) is 9.88 Å². The Morgan fingerprint density at radius 3 is 2.90 bits per heavy atom. The number of amides is 1. The Kier molecular flexibility index (Phi) is 3.93. The van der Waals surface area contributed by atoms with E-state index in [9.17, 15) is 4.79 Å². The van der Waals surface area contributed by atoms with Crippen molar-refractivity contribution in [1.29, 1.82) is 0 Å². The van der Waals surface area contributed by atoms with Gasteiger partial charge in [0.1, 0.15) is 0 Å². The van der Waals surface area contributed by atoms with Crippen LogP contribution in [0.1, 0.15) is 21.6 Å². The van der Waals surface area contributed by atoms with E-state index in [1.807, 2.05) is 4.90 Å². The minimum atomic E-state index is 0.0161. The predicted molar refractivity (Wildman–Crippen MR) is 86.1 cm³/mol. The number of H-pyrrole nitrogens is 1. The molecule has 0 saturated heterocycles. The van der Waals surface area contributed by atoms with Crippen molar-refractivity contribution in [2.45, 2.75) is 13.0 Å². The predicted octanol–water partition coefficient (Wildman–Crippen LogP) is 4.39. The van der Waals surface area contributed by atoms with Crippen molar-refractivity contribution in [2.75, 3.05) is 6.54 Å². The van der Waals surface area contributed by atoms with Crippen molar-refractivity contribution >= 4 is 49.4 Å². The molecular formula is C14H11Br2ClN2O. The molecule has 0 bridgehead atoms. The normalized spacial score (nSPS) is 14.2. The zero-order chi connectivity index (χ0) is 14.3. The summed E-state index contributed by atoms with van der Waals surface area (Å²) in [6.07, 6.45) is 0.825. The van der Waals surface area contributed by atoms with E-state index in [0.29, 0.717) is 23.7 Å². The van der Waals surface area contributed by atoms with E-state index in [0.717, 1.165) is 21.1 Å². The highest BCUT2D eigenvalue weighted by atomic mass is 79.9. The number of halogens is 3. The third kappa shape index (κ3) is 2.54. The van der Waals surface area contributed by atoms with Gasteiger partial charge in [-0.3, -0.25) is 4.79 Å². The van der Waals surface area contributed by atoms with Gasteiger partial charge in [-0.25, -0.2) is 0 Å². The molecule has 1 aromatic heterocycles. The first-order valence-corrected chi connectivity index (χ1v) is 8.12. The second-order valence-corrected chi connectivity index (χ2v) is 6.72. The van der Waals surface area contributed by atoms with Crippen LogP contribution >= 0.6 is 43.5 Å². The van der Waals surface area contributed by atoms with Crippen molar-refractivity contribution < 1.29 is 4.79 Å². The van der Waals surface area contributed by atoms with Gasteiger partial charge in [0.2, 0.25) is 0 Å². The Labute approximate surface area is 138 Å². The van der Waals surface area contributed by atoms with E-state index in [1.165, 1.54) is 5.69 Å². The van der Waals surface area contributed by atoms with Crippen LogP contribution in [0.4, 0.5) is 0 Å². The van der Waals surface area contributed by atoms with Gasteiger partial charge in [0.05, 0.1) is 9.08 Å². The minimum absolute atomic E-state index is 0.0161. The van der Waals surface area contributed by atoms with E-state index in [-0.39, 0.29) is 5.91 Å². The Balaban J connectivity index is 1.86. The maximum atomic E-state index is 12.5. The van der Waals surface area contributed by atoms with Crippen LogP contribution in [-0.2, 0) is 13.0 Å². The summed E-state index contributed by atoms with van der Waals surface area (Å²) in [7, 11) is 0. The molecule has 1 aliphatic rings. The van der Waals surface area contributed by atoms with E-state index >= 15 is 0 Å². The lowest BCUT2D eigenvalue weighted by molar-refractivity contribution is 0.0734. The van der Waals surface area contributed by atoms with Crippen LogP contribution in [0.25, 0.3) is 0 Å². The summed E-state index contributed by atoms with van der Waals surface area (Å²) in [6, 6.07) is 7.08. The number of aromatic amines is 1. The van der Waals surface area contributed by atoms with Crippen LogP contribution in [0.5, 0.6) is 0 Å². The fourth-order valence-electron chi connectivity index (χ4n) is 2.40. The summed E-state index contributed by atoms with van der Waals surface area (Å²) in [6.45, 7) is 1.31. The van der Waals surface area contributed by atoms with Gasteiger partial charge in [0.25, 0.3) is 5.91 Å². The molecule has 0 fully saturated rings. The average molecular weight is 419 g/mol. The molecule has 1 aliphatic heterocycles. The molecule has 0 unspecified atom stereocenters. The van der Waals surface area contributed by atoms with Crippen LogP contribution in [0.2, 0.25) is 5.02 Å². The number of rotatable bonds is 1. The van der Waals surface area contributed by atoms with Crippen molar-refractivity contribution in [3.05, 3.63) is 55.2 Å². The number of fused-ring (bicyclic) bond motifs is 1. The van der Waals surface area contributed by atoms with Gasteiger partial charge in [-0.15, -0.1) is 0 Å². The number of carbonyl (C=O) groups is 1. The second kappa shape index (κ2) is 5.54. The first-order valence-electron chi connectivity index (χ1n) is 6.16. The first-order chi connectivity index (χ1) is 9.56. The highest BCUT2D eigenvalue weighted by Gasteiger charge is 2.25. The maximum absolute atomic E-state index is 12.5. The zero-order valence-electron chi connectivity index (χ0n) is 10.4. The molecule has 0 spiro atoms. The number of benzene rings is 1. The molecule has 0 atom stereocenters. The summed E-state index contributed by atoms with van der Waals surface area (Å²) in [5, 5.41) is 0.583. The highest BCUT2D eigenvalue weighted by Crippen LogP contribution is 2.33. The van der Waals surface area contributed by atoms with Gasteiger partial charge in [-0.1, -0.05) is 17.7 Å². The molecule has 20 heavy (non-hydrogen) atoms. The summed E-state index contributed by atoms with van der Waals surface area (Å²) in [5.74, 6) is 0.0161. The number of hydrogen-bond acceptors (Lipinski definition) is 1. The maximum Gasteiger partial charge on any atom is 0.254 e. The number of nitrogens with one attached hydrogen (secondary N) is 1. The summed E-state index contributed by atoms with van der Waals surface area (Å²) in [4.78, 5) is 17.6. The minimum Gasteiger partial charge on any atom is -0.352 e. The smallest absolute Gasteiger partial charge is 0.254 e. The largest absolute Gasteiger partial charge is 0.352 e. The topological polar surface area (TPSA) is 36.1 Å². The Morgan fingerprint density at radius 2 is 2.15 bits per heavy atom.